The minimum Gasteiger partial charge on any atom is -0.387 e. The van der Waals surface area contributed by atoms with Crippen LogP contribution in [-0.2, 0) is 27.8 Å². The van der Waals surface area contributed by atoms with Crippen molar-refractivity contribution in [3.05, 3.63) is 34.9 Å². The Morgan fingerprint density at radius 3 is 2.59 bits per heavy atom. The maximum Gasteiger partial charge on any atom is 0.152 e. The van der Waals surface area contributed by atoms with Crippen LogP contribution in [0.25, 0.3) is 0 Å². The maximum atomic E-state index is 11.4. The monoisotopic (exact) mass is 256 g/mol. The van der Waals surface area contributed by atoms with E-state index < -0.39 is 21.2 Å². The Balaban J connectivity index is 2.29. The number of benzene rings is 1. The number of rotatable bonds is 3. The van der Waals surface area contributed by atoms with Crippen molar-refractivity contribution in [3.8, 4) is 0 Å². The fraction of sp³-hybridized carbons (Fsp3) is 0.500. The number of ether oxygens (including phenoxy) is 1. The Morgan fingerprint density at radius 2 is 1.94 bits per heavy atom. The van der Waals surface area contributed by atoms with Crippen LogP contribution in [0.5, 0.6) is 0 Å². The Kier molecular flexibility index (Phi) is 3.25. The van der Waals surface area contributed by atoms with Crippen LogP contribution in [0.1, 0.15) is 29.7 Å². The first-order valence-electron chi connectivity index (χ1n) is 5.46. The summed E-state index contributed by atoms with van der Waals surface area (Å²) in [6.45, 7) is 2.64. The highest BCUT2D eigenvalue weighted by Gasteiger charge is 2.26. The average molecular weight is 256 g/mol. The first-order valence-corrected chi connectivity index (χ1v) is 7.41. The molecule has 0 fully saturated rings. The standard InChI is InChI=1S/C12H16O4S/c1-8(17(2,14)15)12(13)9-3-4-10-6-16-7-11(10)5-9/h3-5,8,12-13H,6-7H2,1-2H3. The van der Waals surface area contributed by atoms with E-state index in [-0.39, 0.29) is 0 Å². The van der Waals surface area contributed by atoms with Gasteiger partial charge in [0, 0.05) is 6.26 Å². The van der Waals surface area contributed by atoms with Crippen LogP contribution in [0.4, 0.5) is 0 Å². The predicted octanol–water partition coefficient (Wildman–Crippen LogP) is 1.18. The summed E-state index contributed by atoms with van der Waals surface area (Å²) < 4.78 is 28.1. The summed E-state index contributed by atoms with van der Waals surface area (Å²) in [7, 11) is -3.25. The fourth-order valence-corrected chi connectivity index (χ4v) is 2.51. The summed E-state index contributed by atoms with van der Waals surface area (Å²) >= 11 is 0. The van der Waals surface area contributed by atoms with Crippen LogP contribution in [0.3, 0.4) is 0 Å². The van der Waals surface area contributed by atoms with E-state index in [1.165, 1.54) is 6.92 Å². The third kappa shape index (κ3) is 2.51. The molecule has 1 aliphatic rings. The molecule has 17 heavy (non-hydrogen) atoms. The molecule has 0 aliphatic carbocycles. The Labute approximate surface area is 101 Å². The SMILES string of the molecule is CC(C(O)c1ccc2c(c1)COC2)S(C)(=O)=O. The lowest BCUT2D eigenvalue weighted by atomic mass is 10.0. The molecular weight excluding hydrogens is 240 g/mol. The van der Waals surface area contributed by atoms with Gasteiger partial charge in [-0.3, -0.25) is 0 Å². The van der Waals surface area contributed by atoms with Crippen molar-refractivity contribution in [3.63, 3.8) is 0 Å². The van der Waals surface area contributed by atoms with Gasteiger partial charge in [-0.15, -0.1) is 0 Å². The molecule has 0 bridgehead atoms. The van der Waals surface area contributed by atoms with Crippen molar-refractivity contribution in [1.82, 2.24) is 0 Å². The average Bonchev–Trinajstić information content (AvgIpc) is 2.72. The Hall–Kier alpha value is -0.910. The molecule has 94 valence electrons. The molecule has 2 unspecified atom stereocenters. The molecule has 1 aromatic rings. The second-order valence-electron chi connectivity index (χ2n) is 4.50. The summed E-state index contributed by atoms with van der Waals surface area (Å²) in [6.07, 6.45) is 0.146. The van der Waals surface area contributed by atoms with E-state index in [1.807, 2.05) is 12.1 Å². The molecule has 5 heteroatoms. The van der Waals surface area contributed by atoms with Crippen molar-refractivity contribution < 1.29 is 18.3 Å². The molecule has 0 spiro atoms. The van der Waals surface area contributed by atoms with Crippen LogP contribution < -0.4 is 0 Å². The van der Waals surface area contributed by atoms with E-state index in [0.29, 0.717) is 18.8 Å². The topological polar surface area (TPSA) is 63.6 Å². The molecule has 0 saturated heterocycles. The minimum atomic E-state index is -3.25. The molecule has 1 aromatic carbocycles. The molecule has 0 radical (unpaired) electrons. The Bertz CT molecular complexity index is 521. The maximum absolute atomic E-state index is 11.4. The molecule has 1 aliphatic heterocycles. The van der Waals surface area contributed by atoms with Gasteiger partial charge in [-0.2, -0.15) is 0 Å². The molecule has 0 amide bonds. The van der Waals surface area contributed by atoms with Crippen LogP contribution >= 0.6 is 0 Å². The normalized spacial score (nSPS) is 18.8. The van der Waals surface area contributed by atoms with Crippen LogP contribution in [-0.4, -0.2) is 25.0 Å². The molecule has 2 rings (SSSR count). The lowest BCUT2D eigenvalue weighted by Crippen LogP contribution is -2.24. The summed E-state index contributed by atoms with van der Waals surface area (Å²) in [5.41, 5.74) is 2.77. The lowest BCUT2D eigenvalue weighted by Gasteiger charge is -2.18. The van der Waals surface area contributed by atoms with Gasteiger partial charge in [-0.25, -0.2) is 8.42 Å². The zero-order valence-corrected chi connectivity index (χ0v) is 10.7. The highest BCUT2D eigenvalue weighted by molar-refractivity contribution is 7.91. The van der Waals surface area contributed by atoms with Gasteiger partial charge in [0.1, 0.15) is 0 Å². The number of sulfone groups is 1. The molecule has 1 heterocycles. The van der Waals surface area contributed by atoms with E-state index in [1.54, 1.807) is 6.07 Å². The van der Waals surface area contributed by atoms with E-state index in [0.717, 1.165) is 17.4 Å². The zero-order valence-electron chi connectivity index (χ0n) is 9.88. The van der Waals surface area contributed by atoms with Crippen molar-refractivity contribution in [2.45, 2.75) is 31.5 Å². The van der Waals surface area contributed by atoms with E-state index in [2.05, 4.69) is 0 Å². The number of hydrogen-bond donors (Lipinski definition) is 1. The predicted molar refractivity (Wildman–Crippen MR) is 64.2 cm³/mol. The molecule has 2 atom stereocenters. The van der Waals surface area contributed by atoms with Gasteiger partial charge in [-0.1, -0.05) is 18.2 Å². The summed E-state index contributed by atoms with van der Waals surface area (Å²) in [5.74, 6) is 0. The zero-order chi connectivity index (χ0) is 12.6. The summed E-state index contributed by atoms with van der Waals surface area (Å²) in [4.78, 5) is 0. The smallest absolute Gasteiger partial charge is 0.152 e. The van der Waals surface area contributed by atoms with Gasteiger partial charge in [-0.05, 0) is 23.6 Å². The molecular formula is C12H16O4S. The van der Waals surface area contributed by atoms with Gasteiger partial charge in [0.25, 0.3) is 0 Å². The van der Waals surface area contributed by atoms with Crippen molar-refractivity contribution in [2.24, 2.45) is 0 Å². The second-order valence-corrected chi connectivity index (χ2v) is 6.90. The number of fused-ring (bicyclic) bond motifs is 1. The van der Waals surface area contributed by atoms with Gasteiger partial charge in [0.2, 0.25) is 0 Å². The molecule has 0 saturated carbocycles. The molecule has 1 N–H and O–H groups in total. The summed E-state index contributed by atoms with van der Waals surface area (Å²) in [5, 5.41) is 9.23. The number of aliphatic hydroxyl groups excluding tert-OH is 1. The van der Waals surface area contributed by atoms with Crippen molar-refractivity contribution >= 4 is 9.84 Å². The van der Waals surface area contributed by atoms with Crippen molar-refractivity contribution in [1.29, 1.82) is 0 Å². The van der Waals surface area contributed by atoms with Crippen LogP contribution in [0.15, 0.2) is 18.2 Å². The highest BCUT2D eigenvalue weighted by Crippen LogP contribution is 2.27. The van der Waals surface area contributed by atoms with E-state index in [4.69, 9.17) is 4.74 Å². The minimum absolute atomic E-state index is 0.531. The van der Waals surface area contributed by atoms with Crippen molar-refractivity contribution in [2.75, 3.05) is 6.26 Å². The third-order valence-electron chi connectivity index (χ3n) is 3.21. The Morgan fingerprint density at radius 1 is 1.29 bits per heavy atom. The first-order chi connectivity index (χ1) is 7.89. The quantitative estimate of drug-likeness (QED) is 0.882. The largest absolute Gasteiger partial charge is 0.387 e. The van der Waals surface area contributed by atoms with Gasteiger partial charge in [0.15, 0.2) is 9.84 Å². The summed E-state index contributed by atoms with van der Waals surface area (Å²) in [6, 6.07) is 5.48. The van der Waals surface area contributed by atoms with Gasteiger partial charge >= 0.3 is 0 Å². The highest BCUT2D eigenvalue weighted by atomic mass is 32.2. The van der Waals surface area contributed by atoms with E-state index >= 15 is 0 Å². The lowest BCUT2D eigenvalue weighted by molar-refractivity contribution is 0.134. The van der Waals surface area contributed by atoms with E-state index in [9.17, 15) is 13.5 Å². The number of aliphatic hydroxyl groups is 1. The van der Waals surface area contributed by atoms with Gasteiger partial charge < -0.3 is 9.84 Å². The number of hydrogen-bond acceptors (Lipinski definition) is 4. The second kappa shape index (κ2) is 4.40. The van der Waals surface area contributed by atoms with Gasteiger partial charge in [0.05, 0.1) is 24.6 Å². The van der Waals surface area contributed by atoms with Crippen LogP contribution in [0, 0.1) is 0 Å². The first kappa shape index (κ1) is 12.5. The van der Waals surface area contributed by atoms with Crippen LogP contribution in [0.2, 0.25) is 0 Å². The fourth-order valence-electron chi connectivity index (χ4n) is 1.88. The molecule has 0 aromatic heterocycles. The third-order valence-corrected chi connectivity index (χ3v) is 4.82. The molecule has 4 nitrogen and oxygen atoms in total.